The summed E-state index contributed by atoms with van der Waals surface area (Å²) in [6, 6.07) is 19.1. The molecule has 7 nitrogen and oxygen atoms in total. The fourth-order valence-electron chi connectivity index (χ4n) is 2.69. The summed E-state index contributed by atoms with van der Waals surface area (Å²) < 4.78 is 24.8. The van der Waals surface area contributed by atoms with Crippen molar-refractivity contribution in [3.63, 3.8) is 0 Å². The molecule has 2 heterocycles. The number of halogens is 1. The van der Waals surface area contributed by atoms with Crippen LogP contribution in [0.5, 0.6) is 5.75 Å². The van der Waals surface area contributed by atoms with Crippen molar-refractivity contribution in [1.82, 2.24) is 20.0 Å². The van der Waals surface area contributed by atoms with E-state index >= 15 is 0 Å². The predicted octanol–water partition coefficient (Wildman–Crippen LogP) is 3.52. The minimum absolute atomic E-state index is 0.0459. The van der Waals surface area contributed by atoms with Gasteiger partial charge >= 0.3 is 0 Å². The molecule has 4 rings (SSSR count). The van der Waals surface area contributed by atoms with E-state index in [9.17, 15) is 9.18 Å². The number of hydrogen-bond acceptors (Lipinski definition) is 6. The Morgan fingerprint density at radius 2 is 1.76 bits per heavy atom. The fourth-order valence-corrected chi connectivity index (χ4v) is 2.85. The monoisotopic (exact) mass is 410 g/mol. The van der Waals surface area contributed by atoms with E-state index in [0.29, 0.717) is 17.3 Å². The molecule has 0 aliphatic rings. The van der Waals surface area contributed by atoms with Crippen LogP contribution < -0.4 is 10.3 Å². The standard InChI is InChI=1S/C20H16FN4O3P/c21-20(29)27-15-8-6-13(7-9-15)16-10-11-18(26)25(24-16)12-17-22-23-19(28-17)14-4-2-1-3-5-14/h1-11,20H,12,29H2. The first kappa shape index (κ1) is 19.0. The SMILES string of the molecule is O=c1ccc(-c2ccc(OC(F)P)cc2)nn1Cc1nnc(-c2ccccc2)o1. The lowest BCUT2D eigenvalue weighted by molar-refractivity contribution is 0.153. The molecule has 2 atom stereocenters. The summed E-state index contributed by atoms with van der Waals surface area (Å²) in [5.41, 5.74) is 1.82. The number of rotatable bonds is 6. The molecule has 0 bridgehead atoms. The third kappa shape index (κ3) is 4.55. The largest absolute Gasteiger partial charge is 0.457 e. The maximum absolute atomic E-state index is 12.9. The van der Waals surface area contributed by atoms with Gasteiger partial charge in [-0.3, -0.25) is 4.79 Å². The molecule has 0 fully saturated rings. The van der Waals surface area contributed by atoms with Gasteiger partial charge in [-0.2, -0.15) is 9.49 Å². The third-order valence-electron chi connectivity index (χ3n) is 4.04. The Bertz CT molecular complexity index is 1160. The van der Waals surface area contributed by atoms with Crippen molar-refractivity contribution in [3.8, 4) is 28.5 Å². The Kier molecular flexibility index (Phi) is 5.44. The summed E-state index contributed by atoms with van der Waals surface area (Å²) in [5, 5.41) is 12.4. The quantitative estimate of drug-likeness (QED) is 0.453. The molecule has 0 aliphatic carbocycles. The van der Waals surface area contributed by atoms with Crippen molar-refractivity contribution < 1.29 is 13.5 Å². The van der Waals surface area contributed by atoms with E-state index in [1.807, 2.05) is 39.6 Å². The van der Waals surface area contributed by atoms with Gasteiger partial charge in [-0.25, -0.2) is 4.68 Å². The molecule has 0 amide bonds. The molecular formula is C20H16FN4O3P. The number of ether oxygens (including phenoxy) is 1. The summed E-state index contributed by atoms with van der Waals surface area (Å²) in [4.78, 5) is 12.2. The molecule has 0 aliphatic heterocycles. The topological polar surface area (TPSA) is 83.0 Å². The van der Waals surface area contributed by atoms with Crippen LogP contribution in [0.3, 0.4) is 0 Å². The molecule has 0 saturated carbocycles. The predicted molar refractivity (Wildman–Crippen MR) is 108 cm³/mol. The number of nitrogens with zero attached hydrogens (tertiary/aromatic N) is 4. The molecule has 2 aromatic heterocycles. The van der Waals surface area contributed by atoms with Crippen LogP contribution in [0.1, 0.15) is 5.89 Å². The van der Waals surface area contributed by atoms with E-state index in [-0.39, 0.29) is 18.0 Å². The molecule has 0 N–H and O–H groups in total. The lowest BCUT2D eigenvalue weighted by atomic mass is 10.1. The van der Waals surface area contributed by atoms with E-state index in [4.69, 9.17) is 9.15 Å². The average molecular weight is 410 g/mol. The van der Waals surface area contributed by atoms with Gasteiger partial charge in [-0.15, -0.1) is 10.2 Å². The second-order valence-corrected chi connectivity index (χ2v) is 6.60. The highest BCUT2D eigenvalue weighted by molar-refractivity contribution is 7.16. The van der Waals surface area contributed by atoms with E-state index < -0.39 is 6.10 Å². The minimum Gasteiger partial charge on any atom is -0.457 e. The molecule has 0 saturated heterocycles. The molecule has 9 heteroatoms. The van der Waals surface area contributed by atoms with E-state index in [1.165, 1.54) is 10.7 Å². The Hall–Kier alpha value is -3.38. The highest BCUT2D eigenvalue weighted by Gasteiger charge is 2.11. The van der Waals surface area contributed by atoms with E-state index in [2.05, 4.69) is 15.3 Å². The Balaban J connectivity index is 1.56. The lowest BCUT2D eigenvalue weighted by Gasteiger charge is -2.08. The van der Waals surface area contributed by atoms with Gasteiger partial charge in [0.25, 0.3) is 5.56 Å². The zero-order valence-corrected chi connectivity index (χ0v) is 16.3. The van der Waals surface area contributed by atoms with Crippen LogP contribution in [0, 0.1) is 0 Å². The van der Waals surface area contributed by atoms with Crippen LogP contribution in [0.25, 0.3) is 22.7 Å². The first-order valence-electron chi connectivity index (χ1n) is 8.71. The Morgan fingerprint density at radius 1 is 1.00 bits per heavy atom. The lowest BCUT2D eigenvalue weighted by Crippen LogP contribution is -2.23. The van der Waals surface area contributed by atoms with Gasteiger partial charge in [0.2, 0.25) is 17.9 Å². The first-order chi connectivity index (χ1) is 14.1. The zero-order chi connectivity index (χ0) is 20.2. The van der Waals surface area contributed by atoms with Crippen molar-refractivity contribution in [2.24, 2.45) is 0 Å². The smallest absolute Gasteiger partial charge is 0.267 e. The van der Waals surface area contributed by atoms with Crippen LogP contribution in [0.2, 0.25) is 0 Å². The number of hydrogen-bond donors (Lipinski definition) is 0. The fraction of sp³-hybridized carbons (Fsp3) is 0.100. The van der Waals surface area contributed by atoms with Crippen LogP contribution in [-0.4, -0.2) is 26.1 Å². The van der Waals surface area contributed by atoms with Crippen LogP contribution in [-0.2, 0) is 6.54 Å². The maximum Gasteiger partial charge on any atom is 0.267 e. The summed E-state index contributed by atoms with van der Waals surface area (Å²) in [6.07, 6.45) is -1.48. The molecule has 0 spiro atoms. The third-order valence-corrected chi connectivity index (χ3v) is 4.17. The van der Waals surface area contributed by atoms with E-state index in [1.54, 1.807) is 30.3 Å². The van der Waals surface area contributed by atoms with Crippen molar-refractivity contribution in [2.75, 3.05) is 0 Å². The molecule has 4 aromatic rings. The highest BCUT2D eigenvalue weighted by Crippen LogP contribution is 2.22. The first-order valence-corrected chi connectivity index (χ1v) is 9.38. The summed E-state index contributed by atoms with van der Waals surface area (Å²) in [5.74, 6) is 1.04. The molecular weight excluding hydrogens is 394 g/mol. The highest BCUT2D eigenvalue weighted by atomic mass is 31.0. The summed E-state index contributed by atoms with van der Waals surface area (Å²) in [6.45, 7) is 0.0459. The minimum atomic E-state index is -1.48. The molecule has 2 unspecified atom stereocenters. The van der Waals surface area contributed by atoms with Gasteiger partial charge in [0, 0.05) is 17.2 Å². The van der Waals surface area contributed by atoms with Crippen LogP contribution in [0.4, 0.5) is 4.39 Å². The molecule has 2 aromatic carbocycles. The van der Waals surface area contributed by atoms with Crippen molar-refractivity contribution in [2.45, 2.75) is 12.6 Å². The van der Waals surface area contributed by atoms with Gasteiger partial charge in [0.1, 0.15) is 12.3 Å². The van der Waals surface area contributed by atoms with Crippen LogP contribution >= 0.6 is 9.24 Å². The Labute approximate surface area is 167 Å². The second kappa shape index (κ2) is 8.32. The van der Waals surface area contributed by atoms with Gasteiger partial charge < -0.3 is 9.15 Å². The van der Waals surface area contributed by atoms with Crippen molar-refractivity contribution in [1.29, 1.82) is 0 Å². The van der Waals surface area contributed by atoms with Gasteiger partial charge in [-0.1, -0.05) is 27.4 Å². The van der Waals surface area contributed by atoms with Gasteiger partial charge in [0.05, 0.1) is 5.69 Å². The van der Waals surface area contributed by atoms with Crippen molar-refractivity contribution in [3.05, 3.63) is 83.0 Å². The number of benzene rings is 2. The maximum atomic E-state index is 12.9. The number of alkyl halides is 1. The summed E-state index contributed by atoms with van der Waals surface area (Å²) in [7, 11) is 1.92. The normalized spacial score (nSPS) is 11.9. The number of aromatic nitrogens is 4. The van der Waals surface area contributed by atoms with Gasteiger partial charge in [-0.05, 0) is 42.5 Å². The van der Waals surface area contributed by atoms with Crippen LogP contribution in [0.15, 0.2) is 75.9 Å². The van der Waals surface area contributed by atoms with Gasteiger partial charge in [0.15, 0.2) is 0 Å². The zero-order valence-electron chi connectivity index (χ0n) is 15.1. The average Bonchev–Trinajstić information content (AvgIpc) is 3.19. The molecule has 29 heavy (non-hydrogen) atoms. The van der Waals surface area contributed by atoms with E-state index in [0.717, 1.165) is 11.1 Å². The molecule has 0 radical (unpaired) electrons. The van der Waals surface area contributed by atoms with Crippen molar-refractivity contribution >= 4 is 9.24 Å². The molecule has 146 valence electrons. The Morgan fingerprint density at radius 3 is 2.48 bits per heavy atom. The summed E-state index contributed by atoms with van der Waals surface area (Å²) >= 11 is 0. The second-order valence-electron chi connectivity index (χ2n) is 6.07.